The van der Waals surface area contributed by atoms with Crippen LogP contribution in [0.15, 0.2) is 48.8 Å². The number of nitro benzene ring substituents is 1. The predicted molar refractivity (Wildman–Crippen MR) is 108 cm³/mol. The van der Waals surface area contributed by atoms with Crippen molar-refractivity contribution in [3.05, 3.63) is 75.6 Å². The van der Waals surface area contributed by atoms with E-state index in [0.29, 0.717) is 5.82 Å². The molecule has 1 aromatic carbocycles. The molecule has 0 bridgehead atoms. The number of amides is 3. The summed E-state index contributed by atoms with van der Waals surface area (Å²) in [7, 11) is 0. The zero-order valence-electron chi connectivity index (χ0n) is 16.3. The highest BCUT2D eigenvalue weighted by Gasteiger charge is 2.40. The number of anilines is 1. The van der Waals surface area contributed by atoms with Gasteiger partial charge in [0.1, 0.15) is 17.2 Å². The van der Waals surface area contributed by atoms with Gasteiger partial charge in [-0.3, -0.25) is 29.4 Å². The maximum atomic E-state index is 12.6. The zero-order chi connectivity index (χ0) is 22.8. The van der Waals surface area contributed by atoms with Gasteiger partial charge < -0.3 is 5.32 Å². The normalized spacial score (nSPS) is 12.4. The first-order valence-electron chi connectivity index (χ1n) is 9.25. The minimum absolute atomic E-state index is 0.0791. The first-order valence-corrected chi connectivity index (χ1v) is 9.25. The smallest absolute Gasteiger partial charge is 0.282 e. The van der Waals surface area contributed by atoms with Crippen LogP contribution in [0.25, 0.3) is 5.82 Å². The SMILES string of the molecule is N#Cc1cnn(-c2ccccn2)c1NC(=O)CCN1C(=O)c2cccc([N+](=O)[O-])c2C1=O. The number of rotatable bonds is 6. The summed E-state index contributed by atoms with van der Waals surface area (Å²) in [4.78, 5) is 53.1. The Morgan fingerprint density at radius 1 is 1.19 bits per heavy atom. The highest BCUT2D eigenvalue weighted by Crippen LogP contribution is 2.30. The van der Waals surface area contributed by atoms with Crippen LogP contribution in [0.3, 0.4) is 0 Å². The summed E-state index contributed by atoms with van der Waals surface area (Å²) in [6, 6.07) is 10.8. The Hall–Kier alpha value is -4.92. The van der Waals surface area contributed by atoms with Crippen molar-refractivity contribution in [1.29, 1.82) is 5.26 Å². The minimum Gasteiger partial charge on any atom is -0.309 e. The topological polar surface area (TPSA) is 164 Å². The second-order valence-electron chi connectivity index (χ2n) is 6.64. The van der Waals surface area contributed by atoms with Crippen LogP contribution < -0.4 is 5.32 Å². The van der Waals surface area contributed by atoms with Crippen molar-refractivity contribution < 1.29 is 19.3 Å². The monoisotopic (exact) mass is 431 g/mol. The Bertz CT molecular complexity index is 1310. The maximum Gasteiger partial charge on any atom is 0.282 e. The molecule has 0 saturated carbocycles. The Kier molecular flexibility index (Phi) is 5.14. The summed E-state index contributed by atoms with van der Waals surface area (Å²) in [6.45, 7) is -0.297. The number of aromatic nitrogens is 3. The molecule has 2 aromatic heterocycles. The predicted octanol–water partition coefficient (Wildman–Crippen LogP) is 1.67. The largest absolute Gasteiger partial charge is 0.309 e. The molecule has 0 spiro atoms. The Balaban J connectivity index is 1.50. The van der Waals surface area contributed by atoms with E-state index in [1.807, 2.05) is 6.07 Å². The molecule has 0 fully saturated rings. The molecule has 32 heavy (non-hydrogen) atoms. The molecule has 1 aliphatic rings. The van der Waals surface area contributed by atoms with Gasteiger partial charge in [0.2, 0.25) is 5.91 Å². The standard InChI is InChI=1S/C20H13N7O5/c21-10-12-11-23-26(15-6-1-2-8-22-15)18(12)24-16(28)7-9-25-19(29)13-4-3-5-14(27(31)32)17(13)20(25)30/h1-6,8,11H,7,9H2,(H,24,28). The molecular weight excluding hydrogens is 418 g/mol. The van der Waals surface area contributed by atoms with Gasteiger partial charge in [0, 0.05) is 25.2 Å². The van der Waals surface area contributed by atoms with Crippen LogP contribution in [0.4, 0.5) is 11.5 Å². The van der Waals surface area contributed by atoms with Gasteiger partial charge in [-0.1, -0.05) is 12.1 Å². The second kappa shape index (κ2) is 8.07. The molecule has 3 heterocycles. The summed E-state index contributed by atoms with van der Waals surface area (Å²) >= 11 is 0. The lowest BCUT2D eigenvalue weighted by Crippen LogP contribution is -2.33. The molecule has 0 atom stereocenters. The summed E-state index contributed by atoms with van der Waals surface area (Å²) in [5, 5.41) is 27.1. The van der Waals surface area contributed by atoms with Crippen molar-refractivity contribution in [3.63, 3.8) is 0 Å². The molecule has 0 unspecified atom stereocenters. The average molecular weight is 431 g/mol. The number of fused-ring (bicyclic) bond motifs is 1. The van der Waals surface area contributed by atoms with Crippen LogP contribution in [0, 0.1) is 21.4 Å². The zero-order valence-corrected chi connectivity index (χ0v) is 16.3. The van der Waals surface area contributed by atoms with E-state index in [2.05, 4.69) is 15.4 Å². The molecule has 3 amide bonds. The quantitative estimate of drug-likeness (QED) is 0.350. The van der Waals surface area contributed by atoms with Gasteiger partial charge in [0.05, 0.1) is 16.7 Å². The number of hydrogen-bond acceptors (Lipinski definition) is 8. The third-order valence-corrected chi connectivity index (χ3v) is 4.75. The third-order valence-electron chi connectivity index (χ3n) is 4.75. The maximum absolute atomic E-state index is 12.6. The lowest BCUT2D eigenvalue weighted by molar-refractivity contribution is -0.385. The molecule has 3 aromatic rings. The lowest BCUT2D eigenvalue weighted by atomic mass is 10.1. The molecule has 0 radical (unpaired) electrons. The number of carbonyl (C=O) groups excluding carboxylic acids is 3. The number of imide groups is 1. The van der Waals surface area contributed by atoms with Gasteiger partial charge >= 0.3 is 0 Å². The van der Waals surface area contributed by atoms with Crippen LogP contribution in [0.5, 0.6) is 0 Å². The fourth-order valence-electron chi connectivity index (χ4n) is 3.28. The van der Waals surface area contributed by atoms with Gasteiger partial charge in [-0.15, -0.1) is 0 Å². The lowest BCUT2D eigenvalue weighted by Gasteiger charge is -2.14. The second-order valence-corrected chi connectivity index (χ2v) is 6.64. The Morgan fingerprint density at radius 3 is 2.69 bits per heavy atom. The molecule has 4 rings (SSSR count). The number of hydrogen-bond donors (Lipinski definition) is 1. The number of nitrogens with one attached hydrogen (secondary N) is 1. The van der Waals surface area contributed by atoms with Crippen LogP contribution in [0.2, 0.25) is 0 Å². The first kappa shape index (κ1) is 20.4. The summed E-state index contributed by atoms with van der Waals surface area (Å²) in [5.41, 5.74) is -0.737. The van der Waals surface area contributed by atoms with Gasteiger partial charge in [-0.25, -0.2) is 4.98 Å². The van der Waals surface area contributed by atoms with Gasteiger partial charge in [-0.05, 0) is 18.2 Å². The average Bonchev–Trinajstić information content (AvgIpc) is 3.31. The van der Waals surface area contributed by atoms with Gasteiger partial charge in [0.15, 0.2) is 11.6 Å². The van der Waals surface area contributed by atoms with Crippen molar-refractivity contribution in [3.8, 4) is 11.9 Å². The highest BCUT2D eigenvalue weighted by atomic mass is 16.6. The van der Waals surface area contributed by atoms with E-state index in [9.17, 15) is 29.8 Å². The molecule has 1 N–H and O–H groups in total. The van der Waals surface area contributed by atoms with Crippen LogP contribution in [0.1, 0.15) is 32.7 Å². The Morgan fingerprint density at radius 2 is 2.00 bits per heavy atom. The van der Waals surface area contributed by atoms with E-state index in [4.69, 9.17) is 0 Å². The van der Waals surface area contributed by atoms with E-state index in [1.165, 1.54) is 29.2 Å². The van der Waals surface area contributed by atoms with Crippen LogP contribution in [-0.2, 0) is 4.79 Å². The molecule has 12 heteroatoms. The Labute approximate surface area is 179 Å². The van der Waals surface area contributed by atoms with Crippen molar-refractivity contribution in [2.24, 2.45) is 0 Å². The number of nitro groups is 1. The highest BCUT2D eigenvalue weighted by molar-refractivity contribution is 6.23. The van der Waals surface area contributed by atoms with E-state index in [-0.39, 0.29) is 35.5 Å². The molecular formula is C20H13N7O5. The number of carbonyl (C=O) groups is 3. The fraction of sp³-hybridized carbons (Fsp3) is 0.100. The summed E-state index contributed by atoms with van der Waals surface area (Å²) in [5.74, 6) is -1.67. The van der Waals surface area contributed by atoms with E-state index in [0.717, 1.165) is 11.0 Å². The third kappa shape index (κ3) is 3.43. The van der Waals surface area contributed by atoms with Gasteiger partial charge in [-0.2, -0.15) is 15.0 Å². The number of nitriles is 1. The summed E-state index contributed by atoms with van der Waals surface area (Å²) < 4.78 is 1.28. The van der Waals surface area contributed by atoms with Crippen molar-refractivity contribution in [2.75, 3.05) is 11.9 Å². The fourth-order valence-corrected chi connectivity index (χ4v) is 3.28. The van der Waals surface area contributed by atoms with Crippen LogP contribution >= 0.6 is 0 Å². The van der Waals surface area contributed by atoms with E-state index >= 15 is 0 Å². The van der Waals surface area contributed by atoms with Crippen molar-refractivity contribution in [2.45, 2.75) is 6.42 Å². The number of pyridine rings is 1. The van der Waals surface area contributed by atoms with Crippen molar-refractivity contribution >= 4 is 29.2 Å². The number of nitrogens with zero attached hydrogens (tertiary/aromatic N) is 6. The first-order chi connectivity index (χ1) is 15.4. The molecule has 0 saturated heterocycles. The summed E-state index contributed by atoms with van der Waals surface area (Å²) in [6.07, 6.45) is 2.50. The van der Waals surface area contributed by atoms with Gasteiger partial charge in [0.25, 0.3) is 17.5 Å². The van der Waals surface area contributed by atoms with Crippen molar-refractivity contribution in [1.82, 2.24) is 19.7 Å². The van der Waals surface area contributed by atoms with E-state index < -0.39 is 28.3 Å². The molecule has 1 aliphatic heterocycles. The number of benzene rings is 1. The van der Waals surface area contributed by atoms with E-state index in [1.54, 1.807) is 18.2 Å². The minimum atomic E-state index is -0.832. The van der Waals surface area contributed by atoms with Crippen LogP contribution in [-0.4, -0.2) is 48.9 Å². The molecule has 158 valence electrons. The molecule has 0 aliphatic carbocycles. The molecule has 12 nitrogen and oxygen atoms in total.